The van der Waals surface area contributed by atoms with Crippen LogP contribution in [0.15, 0.2) is 35.4 Å². The van der Waals surface area contributed by atoms with Gasteiger partial charge < -0.3 is 5.32 Å². The van der Waals surface area contributed by atoms with Crippen molar-refractivity contribution in [1.82, 2.24) is 14.3 Å². The standard InChI is InChI=1S/C10H12N4O.C2H6/c1-11-8-4-3-7-14(10(8)15)9-5-6-12-13(9)2;1-2/h3-7,11H,1-2H3;1-2H3. The maximum atomic E-state index is 11.9. The lowest BCUT2D eigenvalue weighted by Gasteiger charge is -2.07. The van der Waals surface area contributed by atoms with Gasteiger partial charge in [0, 0.05) is 26.4 Å². The van der Waals surface area contributed by atoms with Crippen LogP contribution in [0, 0.1) is 0 Å². The summed E-state index contributed by atoms with van der Waals surface area (Å²) in [5.41, 5.74) is 0.488. The fourth-order valence-corrected chi connectivity index (χ4v) is 1.47. The second-order valence-electron chi connectivity index (χ2n) is 3.16. The molecule has 0 saturated carbocycles. The van der Waals surface area contributed by atoms with E-state index in [9.17, 15) is 4.79 Å². The molecule has 0 fully saturated rings. The Labute approximate surface area is 101 Å². The van der Waals surface area contributed by atoms with E-state index in [-0.39, 0.29) is 5.56 Å². The van der Waals surface area contributed by atoms with E-state index in [1.54, 1.807) is 47.9 Å². The fraction of sp³-hybridized carbons (Fsp3) is 0.333. The Hall–Kier alpha value is -2.04. The first-order valence-electron chi connectivity index (χ1n) is 5.62. The molecule has 0 aromatic carbocycles. The van der Waals surface area contributed by atoms with Crippen molar-refractivity contribution in [3.05, 3.63) is 40.9 Å². The molecule has 0 saturated heterocycles. The van der Waals surface area contributed by atoms with Crippen molar-refractivity contribution in [2.75, 3.05) is 12.4 Å². The van der Waals surface area contributed by atoms with Gasteiger partial charge in [-0.3, -0.25) is 14.0 Å². The number of hydrogen-bond donors (Lipinski definition) is 1. The molecule has 0 aliphatic heterocycles. The van der Waals surface area contributed by atoms with Gasteiger partial charge in [-0.05, 0) is 12.1 Å². The first-order chi connectivity index (χ1) is 8.24. The van der Waals surface area contributed by atoms with E-state index < -0.39 is 0 Å². The van der Waals surface area contributed by atoms with E-state index in [1.165, 1.54) is 0 Å². The van der Waals surface area contributed by atoms with Crippen LogP contribution in [0.25, 0.3) is 5.82 Å². The number of aromatic nitrogens is 3. The zero-order chi connectivity index (χ0) is 12.8. The third kappa shape index (κ3) is 2.55. The summed E-state index contributed by atoms with van der Waals surface area (Å²) in [6, 6.07) is 5.36. The topological polar surface area (TPSA) is 51.9 Å². The maximum Gasteiger partial charge on any atom is 0.279 e. The zero-order valence-corrected chi connectivity index (χ0v) is 10.6. The molecule has 5 nitrogen and oxygen atoms in total. The molecular formula is C12H18N4O. The summed E-state index contributed by atoms with van der Waals surface area (Å²) in [4.78, 5) is 11.9. The number of pyridine rings is 1. The van der Waals surface area contributed by atoms with Crippen LogP contribution in [0.4, 0.5) is 5.69 Å². The minimum atomic E-state index is -0.0800. The van der Waals surface area contributed by atoms with Gasteiger partial charge in [0.05, 0.1) is 6.20 Å². The van der Waals surface area contributed by atoms with Crippen molar-refractivity contribution in [3.8, 4) is 5.82 Å². The molecule has 2 rings (SSSR count). The van der Waals surface area contributed by atoms with Gasteiger partial charge in [-0.2, -0.15) is 5.10 Å². The van der Waals surface area contributed by atoms with Crippen molar-refractivity contribution in [2.24, 2.45) is 7.05 Å². The summed E-state index contributed by atoms with van der Waals surface area (Å²) in [6.07, 6.45) is 3.38. The highest BCUT2D eigenvalue weighted by Crippen LogP contribution is 2.04. The molecule has 2 aromatic rings. The van der Waals surface area contributed by atoms with Gasteiger partial charge in [0.15, 0.2) is 0 Å². The highest BCUT2D eigenvalue weighted by Gasteiger charge is 2.05. The largest absolute Gasteiger partial charge is 0.384 e. The van der Waals surface area contributed by atoms with Crippen LogP contribution < -0.4 is 10.9 Å². The Balaban J connectivity index is 0.000000686. The van der Waals surface area contributed by atoms with E-state index in [2.05, 4.69) is 10.4 Å². The number of anilines is 1. The Morgan fingerprint density at radius 3 is 2.53 bits per heavy atom. The molecule has 0 amide bonds. The molecule has 0 spiro atoms. The Kier molecular flexibility index (Phi) is 4.51. The van der Waals surface area contributed by atoms with Gasteiger partial charge in [0.25, 0.3) is 5.56 Å². The Morgan fingerprint density at radius 2 is 2.00 bits per heavy atom. The minimum absolute atomic E-state index is 0.0800. The lowest BCUT2D eigenvalue weighted by molar-refractivity contribution is 0.722. The number of hydrogen-bond acceptors (Lipinski definition) is 3. The molecule has 2 heterocycles. The van der Waals surface area contributed by atoms with E-state index in [0.717, 1.165) is 5.82 Å². The molecule has 5 heteroatoms. The highest BCUT2D eigenvalue weighted by molar-refractivity contribution is 5.41. The van der Waals surface area contributed by atoms with Crippen LogP contribution in [0.5, 0.6) is 0 Å². The Morgan fingerprint density at radius 1 is 1.29 bits per heavy atom. The molecule has 0 bridgehead atoms. The molecule has 92 valence electrons. The van der Waals surface area contributed by atoms with Crippen LogP contribution in [-0.2, 0) is 7.05 Å². The lowest BCUT2D eigenvalue weighted by atomic mass is 10.4. The first-order valence-corrected chi connectivity index (χ1v) is 5.62. The van der Waals surface area contributed by atoms with Crippen LogP contribution in [-0.4, -0.2) is 21.4 Å². The average Bonchev–Trinajstić information content (AvgIpc) is 2.78. The van der Waals surface area contributed by atoms with E-state index in [4.69, 9.17) is 0 Å². The maximum absolute atomic E-state index is 11.9. The predicted molar refractivity (Wildman–Crippen MR) is 69.7 cm³/mol. The van der Waals surface area contributed by atoms with Crippen LogP contribution in [0.2, 0.25) is 0 Å². The van der Waals surface area contributed by atoms with Crippen molar-refractivity contribution in [1.29, 1.82) is 0 Å². The fourth-order valence-electron chi connectivity index (χ4n) is 1.47. The second kappa shape index (κ2) is 5.89. The van der Waals surface area contributed by atoms with Gasteiger partial charge in [-0.25, -0.2) is 0 Å². The first kappa shape index (κ1) is 13.0. The second-order valence-corrected chi connectivity index (χ2v) is 3.16. The van der Waals surface area contributed by atoms with E-state index in [0.29, 0.717) is 5.69 Å². The Bertz CT molecular complexity index is 527. The average molecular weight is 234 g/mol. The van der Waals surface area contributed by atoms with Gasteiger partial charge in [0.1, 0.15) is 11.5 Å². The molecule has 0 atom stereocenters. The van der Waals surface area contributed by atoms with Gasteiger partial charge in [0.2, 0.25) is 0 Å². The van der Waals surface area contributed by atoms with E-state index >= 15 is 0 Å². The third-order valence-electron chi connectivity index (χ3n) is 2.26. The lowest BCUT2D eigenvalue weighted by Crippen LogP contribution is -2.22. The molecule has 0 unspecified atom stereocenters. The monoisotopic (exact) mass is 234 g/mol. The normalized spacial score (nSPS) is 9.41. The van der Waals surface area contributed by atoms with Crippen molar-refractivity contribution >= 4 is 5.69 Å². The number of nitrogens with one attached hydrogen (secondary N) is 1. The van der Waals surface area contributed by atoms with Crippen molar-refractivity contribution in [3.63, 3.8) is 0 Å². The number of rotatable bonds is 2. The van der Waals surface area contributed by atoms with E-state index in [1.807, 2.05) is 19.9 Å². The highest BCUT2D eigenvalue weighted by atomic mass is 16.1. The predicted octanol–water partition coefficient (Wildman–Crippen LogP) is 1.64. The van der Waals surface area contributed by atoms with Crippen LogP contribution in [0.3, 0.4) is 0 Å². The summed E-state index contributed by atoms with van der Waals surface area (Å²) < 4.78 is 3.21. The molecule has 2 aromatic heterocycles. The minimum Gasteiger partial charge on any atom is -0.384 e. The number of aryl methyl sites for hydroxylation is 1. The SMILES string of the molecule is CC.CNc1cccn(-c2ccnn2C)c1=O. The summed E-state index contributed by atoms with van der Waals surface area (Å²) in [7, 11) is 3.53. The molecule has 0 aliphatic rings. The summed E-state index contributed by atoms with van der Waals surface area (Å²) in [6.45, 7) is 4.00. The smallest absolute Gasteiger partial charge is 0.279 e. The molecule has 17 heavy (non-hydrogen) atoms. The zero-order valence-electron chi connectivity index (χ0n) is 10.6. The number of nitrogens with zero attached hydrogens (tertiary/aromatic N) is 3. The van der Waals surface area contributed by atoms with Gasteiger partial charge in [-0.1, -0.05) is 13.8 Å². The molecular weight excluding hydrogens is 216 g/mol. The van der Waals surface area contributed by atoms with Crippen molar-refractivity contribution in [2.45, 2.75) is 13.8 Å². The quantitative estimate of drug-likeness (QED) is 0.859. The molecule has 1 N–H and O–H groups in total. The van der Waals surface area contributed by atoms with Crippen LogP contribution >= 0.6 is 0 Å². The molecule has 0 aliphatic carbocycles. The molecule has 0 radical (unpaired) electrons. The summed E-state index contributed by atoms with van der Waals surface area (Å²) in [5, 5.41) is 6.88. The van der Waals surface area contributed by atoms with Gasteiger partial charge in [-0.15, -0.1) is 0 Å². The third-order valence-corrected chi connectivity index (χ3v) is 2.26. The van der Waals surface area contributed by atoms with Crippen molar-refractivity contribution < 1.29 is 0 Å². The van der Waals surface area contributed by atoms with Gasteiger partial charge >= 0.3 is 0 Å². The summed E-state index contributed by atoms with van der Waals surface area (Å²) in [5.74, 6) is 0.747. The van der Waals surface area contributed by atoms with Crippen LogP contribution in [0.1, 0.15) is 13.8 Å². The summed E-state index contributed by atoms with van der Waals surface area (Å²) >= 11 is 0.